The Hall–Kier alpha value is -2.62. The molecule has 1 aromatic carbocycles. The molecule has 1 aromatic heterocycles. The number of anilines is 2. The van der Waals surface area contributed by atoms with Crippen LogP contribution in [0.15, 0.2) is 36.7 Å². The number of nitriles is 1. The third kappa shape index (κ3) is 4.45. The molecule has 2 aromatic rings. The molecule has 0 unspecified atom stereocenters. The minimum absolute atomic E-state index is 0.0927. The van der Waals surface area contributed by atoms with Gasteiger partial charge in [0.1, 0.15) is 6.07 Å². The Morgan fingerprint density at radius 1 is 1.19 bits per heavy atom. The molecule has 4 nitrogen and oxygen atoms in total. The van der Waals surface area contributed by atoms with Crippen LogP contribution in [0, 0.1) is 11.3 Å². The lowest BCUT2D eigenvalue weighted by Gasteiger charge is -2.09. The van der Waals surface area contributed by atoms with Gasteiger partial charge in [0.2, 0.25) is 0 Å². The van der Waals surface area contributed by atoms with Gasteiger partial charge in [-0.3, -0.25) is 0 Å². The number of nitrogens with one attached hydrogen (secondary N) is 1. The number of hydrogen-bond donors (Lipinski definition) is 1. The van der Waals surface area contributed by atoms with Crippen molar-refractivity contribution in [1.29, 1.82) is 5.26 Å². The van der Waals surface area contributed by atoms with Crippen LogP contribution in [-0.2, 0) is 6.42 Å². The Morgan fingerprint density at radius 2 is 1.95 bits per heavy atom. The highest BCUT2D eigenvalue weighted by molar-refractivity contribution is 5.61. The normalized spacial score (nSPS) is 11.0. The second kappa shape index (κ2) is 6.22. The molecule has 0 bridgehead atoms. The third-order valence-electron chi connectivity index (χ3n) is 2.69. The summed E-state index contributed by atoms with van der Waals surface area (Å²) in [5.74, 6) is 0.271. The van der Waals surface area contributed by atoms with Gasteiger partial charge in [-0.15, -0.1) is 0 Å². The van der Waals surface area contributed by atoms with Gasteiger partial charge in [0.15, 0.2) is 11.5 Å². The lowest BCUT2D eigenvalue weighted by Crippen LogP contribution is -2.08. The Morgan fingerprint density at radius 3 is 2.67 bits per heavy atom. The maximum absolute atomic E-state index is 12.2. The van der Waals surface area contributed by atoms with E-state index in [0.29, 0.717) is 11.3 Å². The molecule has 0 saturated heterocycles. The molecule has 0 atom stereocenters. The van der Waals surface area contributed by atoms with Crippen LogP contribution in [0.5, 0.6) is 0 Å². The van der Waals surface area contributed by atoms with Gasteiger partial charge in [0.25, 0.3) is 0 Å². The van der Waals surface area contributed by atoms with Crippen molar-refractivity contribution in [2.24, 2.45) is 0 Å². The van der Waals surface area contributed by atoms with E-state index < -0.39 is 12.6 Å². The number of nitrogens with zero attached hydrogens (tertiary/aromatic N) is 3. The van der Waals surface area contributed by atoms with Crippen LogP contribution >= 0.6 is 0 Å². The van der Waals surface area contributed by atoms with Crippen molar-refractivity contribution < 1.29 is 13.2 Å². The first-order valence-electron chi connectivity index (χ1n) is 6.12. The molecule has 0 saturated carbocycles. The molecule has 7 heteroatoms. The fourth-order valence-corrected chi connectivity index (χ4v) is 1.74. The van der Waals surface area contributed by atoms with Crippen molar-refractivity contribution in [2.45, 2.75) is 19.0 Å². The molecule has 2 rings (SSSR count). The van der Waals surface area contributed by atoms with Crippen LogP contribution in [0.2, 0.25) is 0 Å². The number of hydrogen-bond acceptors (Lipinski definition) is 4. The monoisotopic (exact) mass is 292 g/mol. The minimum Gasteiger partial charge on any atom is -0.338 e. The molecule has 0 fully saturated rings. The van der Waals surface area contributed by atoms with Crippen molar-refractivity contribution in [2.75, 3.05) is 5.32 Å². The predicted molar refractivity (Wildman–Crippen MR) is 70.8 cm³/mol. The Labute approximate surface area is 119 Å². The third-order valence-corrected chi connectivity index (χ3v) is 2.69. The molecule has 0 radical (unpaired) electrons. The van der Waals surface area contributed by atoms with E-state index in [1.165, 1.54) is 12.4 Å². The highest BCUT2D eigenvalue weighted by atomic mass is 19.4. The second-order valence-electron chi connectivity index (χ2n) is 4.31. The maximum Gasteiger partial charge on any atom is 0.389 e. The van der Waals surface area contributed by atoms with Crippen molar-refractivity contribution in [3.8, 4) is 6.07 Å². The second-order valence-corrected chi connectivity index (χ2v) is 4.31. The van der Waals surface area contributed by atoms with Crippen LogP contribution in [0.25, 0.3) is 0 Å². The molecule has 0 amide bonds. The van der Waals surface area contributed by atoms with Gasteiger partial charge in [-0.1, -0.05) is 12.1 Å². The van der Waals surface area contributed by atoms with Gasteiger partial charge in [0, 0.05) is 24.5 Å². The summed E-state index contributed by atoms with van der Waals surface area (Å²) in [6.07, 6.45) is -2.32. The molecule has 108 valence electrons. The Bertz CT molecular complexity index is 662. The van der Waals surface area contributed by atoms with E-state index in [-0.39, 0.29) is 17.9 Å². The van der Waals surface area contributed by atoms with Crippen LogP contribution in [0.4, 0.5) is 24.7 Å². The standard InChI is InChI=1S/C14H11F3N4/c15-14(16,17)5-4-10-2-1-3-11(8-10)21-13-12(9-18)19-6-7-20-13/h1-3,6-8H,4-5H2,(H,20,21). The summed E-state index contributed by atoms with van der Waals surface area (Å²) in [7, 11) is 0. The summed E-state index contributed by atoms with van der Waals surface area (Å²) < 4.78 is 36.7. The lowest BCUT2D eigenvalue weighted by atomic mass is 10.1. The van der Waals surface area contributed by atoms with E-state index in [0.717, 1.165) is 0 Å². The van der Waals surface area contributed by atoms with Crippen LogP contribution in [0.3, 0.4) is 0 Å². The van der Waals surface area contributed by atoms with Gasteiger partial charge in [-0.05, 0) is 24.1 Å². The molecule has 0 spiro atoms. The van der Waals surface area contributed by atoms with Gasteiger partial charge in [-0.2, -0.15) is 18.4 Å². The quantitative estimate of drug-likeness (QED) is 0.935. The smallest absolute Gasteiger partial charge is 0.338 e. The Balaban J connectivity index is 2.13. The average Bonchev–Trinajstić information content (AvgIpc) is 2.45. The number of halogens is 3. The van der Waals surface area contributed by atoms with E-state index >= 15 is 0 Å². The van der Waals surface area contributed by atoms with Gasteiger partial charge >= 0.3 is 6.18 Å². The fourth-order valence-electron chi connectivity index (χ4n) is 1.74. The molecule has 1 heterocycles. The molecule has 0 aliphatic heterocycles. The largest absolute Gasteiger partial charge is 0.389 e. The van der Waals surface area contributed by atoms with Gasteiger partial charge in [0.05, 0.1) is 0 Å². The van der Waals surface area contributed by atoms with E-state index in [4.69, 9.17) is 5.26 Å². The van der Waals surface area contributed by atoms with Crippen LogP contribution in [-0.4, -0.2) is 16.1 Å². The summed E-state index contributed by atoms with van der Waals surface area (Å²) >= 11 is 0. The highest BCUT2D eigenvalue weighted by Gasteiger charge is 2.26. The Kier molecular flexibility index (Phi) is 4.38. The van der Waals surface area contributed by atoms with E-state index in [2.05, 4.69) is 15.3 Å². The maximum atomic E-state index is 12.2. The number of aryl methyl sites for hydroxylation is 1. The molecular weight excluding hydrogens is 281 g/mol. The summed E-state index contributed by atoms with van der Waals surface area (Å²) in [6.45, 7) is 0. The number of alkyl halides is 3. The molecule has 0 aliphatic rings. The summed E-state index contributed by atoms with van der Waals surface area (Å²) in [4.78, 5) is 7.83. The zero-order chi connectivity index (χ0) is 15.3. The first kappa shape index (κ1) is 14.8. The van der Waals surface area contributed by atoms with Crippen LogP contribution in [0.1, 0.15) is 17.7 Å². The predicted octanol–water partition coefficient (Wildman–Crippen LogP) is 3.59. The molecular formula is C14H11F3N4. The van der Waals surface area contributed by atoms with Crippen LogP contribution < -0.4 is 5.32 Å². The topological polar surface area (TPSA) is 61.6 Å². The zero-order valence-corrected chi connectivity index (χ0v) is 10.9. The van der Waals surface area contributed by atoms with Crippen molar-refractivity contribution in [3.05, 3.63) is 47.9 Å². The van der Waals surface area contributed by atoms with Crippen molar-refractivity contribution >= 4 is 11.5 Å². The summed E-state index contributed by atoms with van der Waals surface area (Å²) in [6, 6.07) is 8.45. The number of aromatic nitrogens is 2. The van der Waals surface area contributed by atoms with Gasteiger partial charge < -0.3 is 5.32 Å². The molecule has 1 N–H and O–H groups in total. The fraction of sp³-hybridized carbons (Fsp3) is 0.214. The van der Waals surface area contributed by atoms with E-state index in [1.807, 2.05) is 6.07 Å². The zero-order valence-electron chi connectivity index (χ0n) is 10.9. The van der Waals surface area contributed by atoms with Crippen molar-refractivity contribution in [1.82, 2.24) is 9.97 Å². The lowest BCUT2D eigenvalue weighted by molar-refractivity contribution is -0.133. The minimum atomic E-state index is -4.18. The average molecular weight is 292 g/mol. The van der Waals surface area contributed by atoms with E-state index in [9.17, 15) is 13.2 Å². The SMILES string of the molecule is N#Cc1nccnc1Nc1cccc(CCC(F)(F)F)c1. The number of rotatable bonds is 4. The summed E-state index contributed by atoms with van der Waals surface area (Å²) in [5.41, 5.74) is 1.24. The highest BCUT2D eigenvalue weighted by Crippen LogP contribution is 2.24. The first-order chi connectivity index (χ1) is 9.98. The summed E-state index contributed by atoms with van der Waals surface area (Å²) in [5, 5.41) is 11.8. The first-order valence-corrected chi connectivity index (χ1v) is 6.12. The van der Waals surface area contributed by atoms with Crippen molar-refractivity contribution in [3.63, 3.8) is 0 Å². The van der Waals surface area contributed by atoms with E-state index in [1.54, 1.807) is 24.3 Å². The number of benzene rings is 1. The molecule has 0 aliphatic carbocycles. The molecule has 21 heavy (non-hydrogen) atoms. The van der Waals surface area contributed by atoms with Gasteiger partial charge in [-0.25, -0.2) is 9.97 Å².